The molecule has 3 N–H and O–H groups in total. The molecule has 0 atom stereocenters. The van der Waals surface area contributed by atoms with E-state index in [4.69, 9.17) is 15.3 Å². The van der Waals surface area contributed by atoms with Crippen molar-refractivity contribution in [3.8, 4) is 0 Å². The summed E-state index contributed by atoms with van der Waals surface area (Å²) in [6.45, 7) is 7.91. The third kappa shape index (κ3) is 182. The smallest absolute Gasteiger partial charge is 0.0558 e. The average molecular weight is 257 g/mol. The number of aliphatic hydroxyl groups is 3. The average Bonchev–Trinajstić information content (AvgIpc) is 1.82. The number of rotatable bonds is 2. The van der Waals surface area contributed by atoms with Crippen LogP contribution in [0.4, 0.5) is 0 Å². The summed E-state index contributed by atoms with van der Waals surface area (Å²) in [5.41, 5.74) is 0. The fourth-order valence-electron chi connectivity index (χ4n) is 0.200. The van der Waals surface area contributed by atoms with Crippen LogP contribution in [0.1, 0.15) is 27.7 Å². The van der Waals surface area contributed by atoms with Gasteiger partial charge < -0.3 is 20.2 Å². The molecule has 0 aromatic rings. The van der Waals surface area contributed by atoms with Crippen molar-refractivity contribution in [1.29, 1.82) is 0 Å². The summed E-state index contributed by atoms with van der Waals surface area (Å²) in [6, 6.07) is 0. The first-order valence-corrected chi connectivity index (χ1v) is 4.85. The first-order valence-electron chi connectivity index (χ1n) is 4.85. The minimum absolute atomic E-state index is 0. The Hall–Kier alpha value is 0.554. The van der Waals surface area contributed by atoms with Gasteiger partial charge in [-0.05, 0) is 41.8 Å². The summed E-state index contributed by atoms with van der Waals surface area (Å²) in [6.07, 6.45) is -0.333. The number of hydrogen-bond acceptors (Lipinski definition) is 4. The Labute approximate surface area is 109 Å². The molecule has 0 heterocycles. The summed E-state index contributed by atoms with van der Waals surface area (Å²) < 4.78 is 0. The molecule has 0 aliphatic heterocycles. The SMILES string of the molecule is CC(C)O.CC(C)O.CN(C)CCO.[Ti]. The van der Waals surface area contributed by atoms with E-state index in [0.717, 1.165) is 6.54 Å². The molecule has 5 heteroatoms. The fourth-order valence-corrected chi connectivity index (χ4v) is 0.200. The maximum Gasteiger partial charge on any atom is 0.0558 e. The van der Waals surface area contributed by atoms with Gasteiger partial charge in [0.2, 0.25) is 0 Å². The molecule has 0 aromatic heterocycles. The van der Waals surface area contributed by atoms with Gasteiger partial charge in [0.25, 0.3) is 0 Å². The quantitative estimate of drug-likeness (QED) is 0.623. The maximum absolute atomic E-state index is 8.20. The Morgan fingerprint density at radius 1 is 0.933 bits per heavy atom. The van der Waals surface area contributed by atoms with Crippen molar-refractivity contribution >= 4 is 0 Å². The van der Waals surface area contributed by atoms with E-state index >= 15 is 0 Å². The Balaban J connectivity index is -0.0000000606. The van der Waals surface area contributed by atoms with Crippen molar-refractivity contribution in [1.82, 2.24) is 4.90 Å². The van der Waals surface area contributed by atoms with Gasteiger partial charge in [0, 0.05) is 40.5 Å². The van der Waals surface area contributed by atoms with Crippen molar-refractivity contribution in [3.63, 3.8) is 0 Å². The van der Waals surface area contributed by atoms with Crippen LogP contribution >= 0.6 is 0 Å². The Morgan fingerprint density at radius 3 is 1.13 bits per heavy atom. The zero-order valence-electron chi connectivity index (χ0n) is 10.9. The van der Waals surface area contributed by atoms with Crippen LogP contribution in [-0.2, 0) is 21.7 Å². The number of nitrogens with zero attached hydrogens (tertiary/aromatic N) is 1. The van der Waals surface area contributed by atoms with E-state index in [1.165, 1.54) is 0 Å². The van der Waals surface area contributed by atoms with Gasteiger partial charge in [-0.15, -0.1) is 0 Å². The minimum Gasteiger partial charge on any atom is -0.395 e. The molecular weight excluding hydrogens is 230 g/mol. The van der Waals surface area contributed by atoms with Crippen LogP contribution in [-0.4, -0.2) is 59.7 Å². The van der Waals surface area contributed by atoms with Crippen molar-refractivity contribution in [3.05, 3.63) is 0 Å². The van der Waals surface area contributed by atoms with Crippen LogP contribution in [0, 0.1) is 0 Å². The molecular formula is C10H27NO3Ti. The largest absolute Gasteiger partial charge is 0.395 e. The first-order chi connectivity index (χ1) is 6.23. The Bertz CT molecular complexity index is 79.2. The number of aliphatic hydroxyl groups excluding tert-OH is 3. The summed E-state index contributed by atoms with van der Waals surface area (Å²) in [7, 11) is 3.85. The molecule has 0 amide bonds. The number of likely N-dealkylation sites (N-methyl/N-ethyl adjacent to an activating group) is 1. The first kappa shape index (κ1) is 24.7. The van der Waals surface area contributed by atoms with Crippen LogP contribution in [0.15, 0.2) is 0 Å². The van der Waals surface area contributed by atoms with Gasteiger partial charge in [0.1, 0.15) is 0 Å². The van der Waals surface area contributed by atoms with Gasteiger partial charge in [0.15, 0.2) is 0 Å². The van der Waals surface area contributed by atoms with Gasteiger partial charge in [-0.3, -0.25) is 0 Å². The fraction of sp³-hybridized carbons (Fsp3) is 1.00. The molecule has 0 radical (unpaired) electrons. The number of hydrogen-bond donors (Lipinski definition) is 3. The van der Waals surface area contributed by atoms with Gasteiger partial charge in [-0.25, -0.2) is 0 Å². The maximum atomic E-state index is 8.20. The van der Waals surface area contributed by atoms with E-state index in [9.17, 15) is 0 Å². The topological polar surface area (TPSA) is 63.9 Å². The molecule has 4 nitrogen and oxygen atoms in total. The molecule has 0 aliphatic rings. The summed E-state index contributed by atoms with van der Waals surface area (Å²) in [5.74, 6) is 0. The molecule has 0 rings (SSSR count). The predicted octanol–water partition coefficient (Wildman–Crippen LogP) is 0.312. The summed E-state index contributed by atoms with van der Waals surface area (Å²) in [4.78, 5) is 1.93. The van der Waals surface area contributed by atoms with E-state index in [0.29, 0.717) is 0 Å². The van der Waals surface area contributed by atoms with E-state index in [1.807, 2.05) is 19.0 Å². The zero-order valence-corrected chi connectivity index (χ0v) is 12.4. The van der Waals surface area contributed by atoms with Gasteiger partial charge >= 0.3 is 0 Å². The zero-order chi connectivity index (χ0) is 12.1. The summed E-state index contributed by atoms with van der Waals surface area (Å²) in [5, 5.41) is 24.3. The molecule has 94 valence electrons. The summed E-state index contributed by atoms with van der Waals surface area (Å²) >= 11 is 0. The molecule has 0 unspecified atom stereocenters. The monoisotopic (exact) mass is 257 g/mol. The van der Waals surface area contributed by atoms with Crippen LogP contribution in [0.3, 0.4) is 0 Å². The third-order valence-electron chi connectivity index (χ3n) is 0.547. The van der Waals surface area contributed by atoms with Gasteiger partial charge in [-0.1, -0.05) is 0 Å². The van der Waals surface area contributed by atoms with E-state index < -0.39 is 0 Å². The molecule has 0 saturated carbocycles. The van der Waals surface area contributed by atoms with Crippen LogP contribution < -0.4 is 0 Å². The standard InChI is InChI=1S/C4H11NO.2C3H8O.Ti/c1-5(2)3-4-6;2*1-3(2)4;/h6H,3-4H2,1-2H3;2*3-4H,1-2H3;. The Morgan fingerprint density at radius 2 is 1.13 bits per heavy atom. The van der Waals surface area contributed by atoms with Gasteiger partial charge in [-0.2, -0.15) is 0 Å². The van der Waals surface area contributed by atoms with E-state index in [1.54, 1.807) is 27.7 Å². The second-order valence-electron chi connectivity index (χ2n) is 3.71. The predicted molar refractivity (Wildman–Crippen MR) is 60.3 cm³/mol. The molecule has 0 saturated heterocycles. The van der Waals surface area contributed by atoms with E-state index in [-0.39, 0.29) is 40.5 Å². The van der Waals surface area contributed by atoms with Crippen molar-refractivity contribution in [2.75, 3.05) is 27.2 Å². The van der Waals surface area contributed by atoms with Crippen molar-refractivity contribution in [2.45, 2.75) is 39.9 Å². The second-order valence-corrected chi connectivity index (χ2v) is 3.71. The normalized spacial score (nSPS) is 8.80. The minimum atomic E-state index is -0.167. The Kier molecular flexibility index (Phi) is 33.0. The van der Waals surface area contributed by atoms with Crippen LogP contribution in [0.2, 0.25) is 0 Å². The van der Waals surface area contributed by atoms with E-state index in [2.05, 4.69) is 0 Å². The molecule has 0 aliphatic carbocycles. The second kappa shape index (κ2) is 20.0. The molecule has 15 heavy (non-hydrogen) atoms. The van der Waals surface area contributed by atoms with Crippen molar-refractivity contribution < 1.29 is 37.0 Å². The molecule has 0 fully saturated rings. The molecule has 0 bridgehead atoms. The molecule has 0 aromatic carbocycles. The van der Waals surface area contributed by atoms with Crippen LogP contribution in [0.5, 0.6) is 0 Å². The molecule has 0 spiro atoms. The van der Waals surface area contributed by atoms with Crippen LogP contribution in [0.25, 0.3) is 0 Å². The van der Waals surface area contributed by atoms with Crippen molar-refractivity contribution in [2.24, 2.45) is 0 Å². The third-order valence-corrected chi connectivity index (χ3v) is 0.547. The van der Waals surface area contributed by atoms with Gasteiger partial charge in [0.05, 0.1) is 6.61 Å².